The Bertz CT molecular complexity index is 1410. The first-order valence-corrected chi connectivity index (χ1v) is 16.6. The van der Waals surface area contributed by atoms with Gasteiger partial charge in [0.2, 0.25) is 11.8 Å². The summed E-state index contributed by atoms with van der Waals surface area (Å²) in [6, 6.07) is 5.71. The number of fused-ring (bicyclic) bond motifs is 3. The predicted octanol–water partition coefficient (Wildman–Crippen LogP) is 2.32. The largest absolute Gasteiger partial charge is 0.565 e. The van der Waals surface area contributed by atoms with Crippen LogP contribution in [0.1, 0.15) is 56.1 Å². The van der Waals surface area contributed by atoms with Crippen LogP contribution < -0.4 is 10.0 Å². The normalized spacial score (nSPS) is 29.9. The highest BCUT2D eigenvalue weighted by Crippen LogP contribution is 2.46. The maximum absolute atomic E-state index is 13.9. The molecule has 3 aliphatic heterocycles. The average Bonchev–Trinajstić information content (AvgIpc) is 3.29. The molecule has 5 rings (SSSR count). The maximum Gasteiger partial charge on any atom is 0.410 e. The molecule has 1 saturated carbocycles. The van der Waals surface area contributed by atoms with Gasteiger partial charge in [-0.2, -0.15) is 12.7 Å². The zero-order chi connectivity index (χ0) is 31.6. The molecule has 1 aromatic rings. The second-order valence-corrected chi connectivity index (χ2v) is 14.1. The van der Waals surface area contributed by atoms with Gasteiger partial charge < -0.3 is 19.8 Å². The van der Waals surface area contributed by atoms with Gasteiger partial charge in [-0.05, 0) is 36.4 Å². The number of halogens is 1. The molecule has 2 fully saturated rings. The van der Waals surface area contributed by atoms with Crippen molar-refractivity contribution in [3.8, 4) is 0 Å². The summed E-state index contributed by atoms with van der Waals surface area (Å²) >= 11 is 5.87. The van der Waals surface area contributed by atoms with Gasteiger partial charge in [-0.25, -0.2) is 9.52 Å². The smallest absolute Gasteiger partial charge is 0.410 e. The van der Waals surface area contributed by atoms with Crippen molar-refractivity contribution < 1.29 is 32.3 Å². The molecule has 0 aromatic heterocycles. The number of rotatable bonds is 5. The molecule has 0 spiro atoms. The molecule has 15 heteroatoms. The zero-order valence-corrected chi connectivity index (χ0v) is 26.3. The third-order valence-corrected chi connectivity index (χ3v) is 10.4. The molecule has 0 unspecified atom stereocenters. The molecule has 2 N–H and O–H groups in total. The van der Waals surface area contributed by atoms with Crippen LogP contribution in [-0.2, 0) is 42.4 Å². The van der Waals surface area contributed by atoms with E-state index >= 15 is 0 Å². The highest BCUT2D eigenvalue weighted by molar-refractivity contribution is 7.87. The number of ether oxygens (including phenoxy) is 1. The van der Waals surface area contributed by atoms with Crippen molar-refractivity contribution in [2.24, 2.45) is 5.92 Å². The first-order chi connectivity index (χ1) is 20.9. The molecule has 0 bridgehead atoms. The van der Waals surface area contributed by atoms with Gasteiger partial charge in [-0.15, -0.1) is 0 Å². The van der Waals surface area contributed by atoms with Crippen LogP contribution in [0.2, 0.25) is 0 Å². The van der Waals surface area contributed by atoms with E-state index in [4.69, 9.17) is 16.5 Å². The molecule has 0 radical (unpaired) electrons. The molecule has 4 amide bonds. The Balaban J connectivity index is 1.37. The summed E-state index contributed by atoms with van der Waals surface area (Å²) < 4.78 is 33.7. The van der Waals surface area contributed by atoms with E-state index in [1.807, 2.05) is 36.4 Å². The second kappa shape index (κ2) is 13.0. The average molecular weight is 650 g/mol. The summed E-state index contributed by atoms with van der Waals surface area (Å²) in [7, 11) is -1.55. The number of carbonyl (C=O) groups excluding carboxylic acids is 4. The number of carbonyl (C=O) groups is 4. The van der Waals surface area contributed by atoms with E-state index in [1.54, 1.807) is 4.90 Å². The standard InChI is InChI=1S/C29H38ClN6O7S/c1-34(2)44(41,42)33-27(39)29-15-21(29)12-6-4-3-5-7-13-23(32-30)26(38)36-18-22(14-24(36)25(37)31-29)43-28(40)35-16-19-10-8-9-11-20(19)17-35/h6,8-12,21-24H,3-5,7,13-18H2,1-2H3,(H,31,37)(H,33,39)/q-1/b12-6-/t21-,22+,23-,24-,29+/m0/s1. The Morgan fingerprint density at radius 2 is 1.84 bits per heavy atom. The lowest BCUT2D eigenvalue weighted by Crippen LogP contribution is -2.57. The number of nitrogens with zero attached hydrogens (tertiary/aromatic N) is 4. The highest BCUT2D eigenvalue weighted by Gasteiger charge is 2.61. The van der Waals surface area contributed by atoms with Crippen LogP contribution in [0.4, 0.5) is 4.79 Å². The van der Waals surface area contributed by atoms with Gasteiger partial charge >= 0.3 is 16.3 Å². The van der Waals surface area contributed by atoms with Crippen LogP contribution in [0.3, 0.4) is 0 Å². The first kappa shape index (κ1) is 32.2. The Kier molecular flexibility index (Phi) is 9.54. The van der Waals surface area contributed by atoms with E-state index in [9.17, 15) is 27.6 Å². The van der Waals surface area contributed by atoms with Gasteiger partial charge in [0.05, 0.1) is 6.54 Å². The summed E-state index contributed by atoms with van der Waals surface area (Å²) in [5, 5.41) is 2.77. The summed E-state index contributed by atoms with van der Waals surface area (Å²) in [5.41, 5.74) is 0.535. The number of amides is 4. The van der Waals surface area contributed by atoms with Gasteiger partial charge in [0.1, 0.15) is 17.7 Å². The van der Waals surface area contributed by atoms with E-state index in [0.717, 1.165) is 34.7 Å². The van der Waals surface area contributed by atoms with Crippen LogP contribution >= 0.6 is 11.8 Å². The molecule has 1 aliphatic carbocycles. The Labute approximate surface area is 262 Å². The summed E-state index contributed by atoms with van der Waals surface area (Å²) in [4.78, 5) is 60.7. The summed E-state index contributed by atoms with van der Waals surface area (Å²) in [6.07, 6.45) is 6.04. The van der Waals surface area contributed by atoms with Crippen LogP contribution in [-0.4, -0.2) is 90.7 Å². The number of allylic oxidation sites excluding steroid dienone is 1. The zero-order valence-electron chi connectivity index (χ0n) is 24.8. The van der Waals surface area contributed by atoms with E-state index in [-0.39, 0.29) is 19.4 Å². The number of hydrogen-bond donors (Lipinski definition) is 2. The van der Waals surface area contributed by atoms with Crippen molar-refractivity contribution in [3.05, 3.63) is 52.4 Å². The van der Waals surface area contributed by atoms with Gasteiger partial charge in [0.25, 0.3) is 5.91 Å². The molecule has 44 heavy (non-hydrogen) atoms. The quantitative estimate of drug-likeness (QED) is 0.463. The van der Waals surface area contributed by atoms with Crippen molar-refractivity contribution >= 4 is 45.8 Å². The minimum Gasteiger partial charge on any atom is -0.565 e. The van der Waals surface area contributed by atoms with Crippen molar-refractivity contribution in [2.75, 3.05) is 20.6 Å². The number of benzene rings is 1. The molecular weight excluding hydrogens is 612 g/mol. The SMILES string of the molecule is CN(C)S(=O)(=O)NC(=O)[C@@]12C[C@@H]1/C=C\CCCCC[C@H]([N-]Cl)C(=O)N1C[C@H](OC(=O)N3Cc4ccccc4C3)C[C@H]1C(=O)N2. The molecule has 13 nitrogen and oxygen atoms in total. The van der Waals surface area contributed by atoms with Crippen LogP contribution in [0.15, 0.2) is 36.4 Å². The third kappa shape index (κ3) is 6.72. The van der Waals surface area contributed by atoms with E-state index < -0.39 is 63.7 Å². The molecule has 3 heterocycles. The van der Waals surface area contributed by atoms with Gasteiger partial charge in [0, 0.05) is 39.5 Å². The maximum atomic E-state index is 13.9. The molecule has 4 aliphatic rings. The molecular formula is C29H38ClN6O7S-. The van der Waals surface area contributed by atoms with E-state index in [0.29, 0.717) is 25.9 Å². The summed E-state index contributed by atoms with van der Waals surface area (Å²) in [6.45, 7) is 0.734. The minimum atomic E-state index is -4.12. The fraction of sp³-hybridized carbons (Fsp3) is 0.586. The number of hydrogen-bond acceptors (Lipinski definition) is 7. The fourth-order valence-corrected chi connectivity index (χ4v) is 6.86. The molecule has 1 aromatic carbocycles. The lowest BCUT2D eigenvalue weighted by molar-refractivity contribution is -0.140. The second-order valence-electron chi connectivity index (χ2n) is 12.0. The monoisotopic (exact) mass is 649 g/mol. The molecule has 5 atom stereocenters. The van der Waals surface area contributed by atoms with Crippen LogP contribution in [0, 0.1) is 5.92 Å². The Hall–Kier alpha value is -3.20. The van der Waals surface area contributed by atoms with E-state index in [2.05, 4.69) is 14.9 Å². The van der Waals surface area contributed by atoms with Crippen molar-refractivity contribution in [2.45, 2.75) is 81.8 Å². The van der Waals surface area contributed by atoms with Crippen molar-refractivity contribution in [1.29, 1.82) is 0 Å². The fourth-order valence-electron chi connectivity index (χ4n) is 6.08. The predicted molar refractivity (Wildman–Crippen MR) is 161 cm³/mol. The Morgan fingerprint density at radius 1 is 1.14 bits per heavy atom. The van der Waals surface area contributed by atoms with Crippen molar-refractivity contribution in [1.82, 2.24) is 24.1 Å². The lowest BCUT2D eigenvalue weighted by Gasteiger charge is -2.33. The molecule has 240 valence electrons. The van der Waals surface area contributed by atoms with Crippen molar-refractivity contribution in [3.63, 3.8) is 0 Å². The first-order valence-electron chi connectivity index (χ1n) is 14.8. The van der Waals surface area contributed by atoms with Crippen LogP contribution in [0.5, 0.6) is 0 Å². The van der Waals surface area contributed by atoms with Gasteiger partial charge in [-0.1, -0.05) is 55.7 Å². The minimum absolute atomic E-state index is 0.00664. The third-order valence-electron chi connectivity index (χ3n) is 8.80. The van der Waals surface area contributed by atoms with Crippen LogP contribution in [0.25, 0.3) is 4.84 Å². The highest BCUT2D eigenvalue weighted by atomic mass is 35.5. The lowest BCUT2D eigenvalue weighted by atomic mass is 10.1. The molecule has 1 saturated heterocycles. The van der Waals surface area contributed by atoms with Gasteiger partial charge in [-0.3, -0.25) is 31.1 Å². The van der Waals surface area contributed by atoms with Gasteiger partial charge in [0.15, 0.2) is 0 Å². The summed E-state index contributed by atoms with van der Waals surface area (Å²) in [5.74, 6) is -2.42. The van der Waals surface area contributed by atoms with E-state index in [1.165, 1.54) is 19.0 Å². The number of nitrogens with one attached hydrogen (secondary N) is 2. The Morgan fingerprint density at radius 3 is 2.50 bits per heavy atom. The topological polar surface area (TPSA) is 160 Å².